The van der Waals surface area contributed by atoms with E-state index in [0.29, 0.717) is 23.0 Å². The summed E-state index contributed by atoms with van der Waals surface area (Å²) >= 11 is 0. The number of carbonyl (C=O) groups excluding carboxylic acids is 1. The Morgan fingerprint density at radius 1 is 1.20 bits per heavy atom. The van der Waals surface area contributed by atoms with Crippen LogP contribution in [0.3, 0.4) is 0 Å². The van der Waals surface area contributed by atoms with E-state index in [-0.39, 0.29) is 11.9 Å². The molecule has 20 heavy (non-hydrogen) atoms. The number of methoxy groups -OCH3 is 2. The Morgan fingerprint density at radius 3 is 2.35 bits per heavy atom. The predicted octanol–water partition coefficient (Wildman–Crippen LogP) is 3.26. The zero-order chi connectivity index (χ0) is 15.1. The minimum atomic E-state index is -0.0712. The van der Waals surface area contributed by atoms with Gasteiger partial charge in [0.2, 0.25) is 0 Å². The molecule has 1 unspecified atom stereocenters. The molecule has 0 aromatic heterocycles. The highest BCUT2D eigenvalue weighted by Crippen LogP contribution is 2.27. The van der Waals surface area contributed by atoms with Crippen LogP contribution in [0.5, 0.6) is 11.5 Å². The topological polar surface area (TPSA) is 47.6 Å². The standard InChI is InChI=1S/C16H25NO3/c1-6-7-13(11(2)3)17-16(18)12-8-9-14(19-4)15(10-12)20-5/h8-11,13H,6-7H2,1-5H3,(H,17,18). The second-order valence-corrected chi connectivity index (χ2v) is 5.18. The van der Waals surface area contributed by atoms with Gasteiger partial charge in [0, 0.05) is 11.6 Å². The van der Waals surface area contributed by atoms with Crippen molar-refractivity contribution in [3.63, 3.8) is 0 Å². The van der Waals surface area contributed by atoms with Crippen LogP contribution in [0, 0.1) is 5.92 Å². The lowest BCUT2D eigenvalue weighted by molar-refractivity contribution is 0.0922. The minimum Gasteiger partial charge on any atom is -0.493 e. The first-order chi connectivity index (χ1) is 9.53. The molecule has 1 N–H and O–H groups in total. The van der Waals surface area contributed by atoms with Crippen molar-refractivity contribution >= 4 is 5.91 Å². The van der Waals surface area contributed by atoms with E-state index in [0.717, 1.165) is 12.8 Å². The average molecular weight is 279 g/mol. The van der Waals surface area contributed by atoms with Crippen LogP contribution in [0.2, 0.25) is 0 Å². The van der Waals surface area contributed by atoms with Gasteiger partial charge in [-0.25, -0.2) is 0 Å². The molecule has 1 aromatic carbocycles. The fraction of sp³-hybridized carbons (Fsp3) is 0.562. The molecule has 0 spiro atoms. The SMILES string of the molecule is CCCC(NC(=O)c1ccc(OC)c(OC)c1)C(C)C. The molecule has 4 heteroatoms. The molecule has 0 aliphatic rings. The van der Waals surface area contributed by atoms with Gasteiger partial charge in [-0.2, -0.15) is 0 Å². The van der Waals surface area contributed by atoms with Gasteiger partial charge in [0.25, 0.3) is 5.91 Å². The molecule has 0 aliphatic carbocycles. The molecule has 0 saturated heterocycles. The van der Waals surface area contributed by atoms with Crippen molar-refractivity contribution in [2.45, 2.75) is 39.7 Å². The highest BCUT2D eigenvalue weighted by atomic mass is 16.5. The van der Waals surface area contributed by atoms with Crippen LogP contribution in [0.15, 0.2) is 18.2 Å². The number of benzene rings is 1. The first kappa shape index (κ1) is 16.3. The molecular weight excluding hydrogens is 254 g/mol. The third kappa shape index (κ3) is 4.15. The van der Waals surface area contributed by atoms with Crippen LogP contribution < -0.4 is 14.8 Å². The molecule has 112 valence electrons. The molecule has 1 atom stereocenters. The van der Waals surface area contributed by atoms with Crippen molar-refractivity contribution in [3.05, 3.63) is 23.8 Å². The summed E-state index contributed by atoms with van der Waals surface area (Å²) in [6.07, 6.45) is 2.03. The Bertz CT molecular complexity index is 443. The Morgan fingerprint density at radius 2 is 1.85 bits per heavy atom. The van der Waals surface area contributed by atoms with E-state index in [1.807, 2.05) is 0 Å². The smallest absolute Gasteiger partial charge is 0.251 e. The zero-order valence-electron chi connectivity index (χ0n) is 13.0. The number of rotatable bonds is 7. The number of nitrogens with one attached hydrogen (secondary N) is 1. The van der Waals surface area contributed by atoms with E-state index in [1.54, 1.807) is 32.4 Å². The lowest BCUT2D eigenvalue weighted by Crippen LogP contribution is -2.38. The van der Waals surface area contributed by atoms with Crippen molar-refractivity contribution in [1.29, 1.82) is 0 Å². The summed E-state index contributed by atoms with van der Waals surface area (Å²) in [5.41, 5.74) is 0.587. The maximum Gasteiger partial charge on any atom is 0.251 e. The highest BCUT2D eigenvalue weighted by molar-refractivity contribution is 5.95. The Balaban J connectivity index is 2.86. The van der Waals surface area contributed by atoms with Gasteiger partial charge in [0.15, 0.2) is 11.5 Å². The van der Waals surface area contributed by atoms with Gasteiger partial charge in [-0.3, -0.25) is 4.79 Å². The summed E-state index contributed by atoms with van der Waals surface area (Å²) in [5.74, 6) is 1.53. The van der Waals surface area contributed by atoms with Crippen LogP contribution in [-0.4, -0.2) is 26.2 Å². The normalized spacial score (nSPS) is 12.1. The highest BCUT2D eigenvalue weighted by Gasteiger charge is 2.17. The third-order valence-electron chi connectivity index (χ3n) is 3.37. The largest absolute Gasteiger partial charge is 0.493 e. The van der Waals surface area contributed by atoms with Gasteiger partial charge in [-0.15, -0.1) is 0 Å². The molecule has 4 nitrogen and oxygen atoms in total. The van der Waals surface area contributed by atoms with Crippen molar-refractivity contribution in [2.24, 2.45) is 5.92 Å². The summed E-state index contributed by atoms with van der Waals surface area (Å²) in [6.45, 7) is 6.36. The Kier molecular flexibility index (Phi) is 6.36. The molecule has 1 rings (SSSR count). The van der Waals surface area contributed by atoms with Gasteiger partial charge in [-0.1, -0.05) is 27.2 Å². The maximum atomic E-state index is 12.3. The quantitative estimate of drug-likeness (QED) is 0.833. The monoisotopic (exact) mass is 279 g/mol. The Hall–Kier alpha value is -1.71. The van der Waals surface area contributed by atoms with Crippen molar-refractivity contribution in [1.82, 2.24) is 5.32 Å². The first-order valence-corrected chi connectivity index (χ1v) is 7.06. The van der Waals surface area contributed by atoms with E-state index < -0.39 is 0 Å². The van der Waals surface area contributed by atoms with Gasteiger partial charge >= 0.3 is 0 Å². The number of amides is 1. The van der Waals surface area contributed by atoms with Crippen molar-refractivity contribution < 1.29 is 14.3 Å². The van der Waals surface area contributed by atoms with Gasteiger partial charge in [0.1, 0.15) is 0 Å². The van der Waals surface area contributed by atoms with Crippen LogP contribution >= 0.6 is 0 Å². The lowest BCUT2D eigenvalue weighted by Gasteiger charge is -2.22. The molecule has 0 radical (unpaired) electrons. The van der Waals surface area contributed by atoms with Crippen LogP contribution in [0.4, 0.5) is 0 Å². The van der Waals surface area contributed by atoms with E-state index in [1.165, 1.54) is 0 Å². The fourth-order valence-corrected chi connectivity index (χ4v) is 2.11. The maximum absolute atomic E-state index is 12.3. The molecule has 1 amide bonds. The molecule has 0 bridgehead atoms. The van der Waals surface area contributed by atoms with Crippen molar-refractivity contribution in [2.75, 3.05) is 14.2 Å². The predicted molar refractivity (Wildman–Crippen MR) is 80.5 cm³/mol. The van der Waals surface area contributed by atoms with E-state index in [9.17, 15) is 4.79 Å². The zero-order valence-corrected chi connectivity index (χ0v) is 13.0. The van der Waals surface area contributed by atoms with E-state index in [2.05, 4.69) is 26.1 Å². The lowest BCUT2D eigenvalue weighted by atomic mass is 9.99. The minimum absolute atomic E-state index is 0.0712. The summed E-state index contributed by atoms with van der Waals surface area (Å²) in [7, 11) is 3.14. The molecular formula is C16H25NO3. The summed E-state index contributed by atoms with van der Waals surface area (Å²) in [5, 5.41) is 3.09. The number of ether oxygens (including phenoxy) is 2. The molecule has 0 aliphatic heterocycles. The Labute approximate surface area is 121 Å². The number of hydrogen-bond acceptors (Lipinski definition) is 3. The van der Waals surface area contributed by atoms with Crippen LogP contribution in [0.1, 0.15) is 44.0 Å². The second kappa shape index (κ2) is 7.78. The molecule has 0 saturated carbocycles. The van der Waals surface area contributed by atoms with Gasteiger partial charge in [0.05, 0.1) is 14.2 Å². The number of hydrogen-bond donors (Lipinski definition) is 1. The third-order valence-corrected chi connectivity index (χ3v) is 3.37. The second-order valence-electron chi connectivity index (χ2n) is 5.18. The molecule has 0 fully saturated rings. The molecule has 0 heterocycles. The van der Waals surface area contributed by atoms with Gasteiger partial charge < -0.3 is 14.8 Å². The molecule has 1 aromatic rings. The van der Waals surface area contributed by atoms with Gasteiger partial charge in [-0.05, 0) is 30.5 Å². The summed E-state index contributed by atoms with van der Waals surface area (Å²) in [6, 6.07) is 5.40. The summed E-state index contributed by atoms with van der Waals surface area (Å²) in [4.78, 5) is 12.3. The first-order valence-electron chi connectivity index (χ1n) is 7.06. The van der Waals surface area contributed by atoms with Crippen molar-refractivity contribution in [3.8, 4) is 11.5 Å². The number of carbonyl (C=O) groups is 1. The van der Waals surface area contributed by atoms with E-state index >= 15 is 0 Å². The summed E-state index contributed by atoms with van der Waals surface area (Å²) < 4.78 is 10.4. The van der Waals surface area contributed by atoms with Crippen LogP contribution in [0.25, 0.3) is 0 Å². The van der Waals surface area contributed by atoms with E-state index in [4.69, 9.17) is 9.47 Å². The average Bonchev–Trinajstić information content (AvgIpc) is 2.45. The van der Waals surface area contributed by atoms with Crippen LogP contribution in [-0.2, 0) is 0 Å². The fourth-order valence-electron chi connectivity index (χ4n) is 2.11.